The smallest absolute Gasteiger partial charge is 0.213 e. The minimum Gasteiger partial charge on any atom is -0.387 e. The molecule has 13 heavy (non-hydrogen) atoms. The zero-order valence-corrected chi connectivity index (χ0v) is 9.06. The molecule has 0 saturated heterocycles. The summed E-state index contributed by atoms with van der Waals surface area (Å²) in [5, 5.41) is 7.11. The van der Waals surface area contributed by atoms with Gasteiger partial charge in [-0.15, -0.1) is 0 Å². The van der Waals surface area contributed by atoms with E-state index in [9.17, 15) is 8.42 Å². The molecule has 0 aromatic rings. The highest BCUT2D eigenvalue weighted by molar-refractivity contribution is 7.89. The zero-order chi connectivity index (χ0) is 10.6. The van der Waals surface area contributed by atoms with Gasteiger partial charge in [0.25, 0.3) is 0 Å². The SMILES string of the molecule is CCS(=O)(=O)N(C)CC(C)C(=N)N. The molecule has 0 bridgehead atoms. The zero-order valence-electron chi connectivity index (χ0n) is 8.24. The van der Waals surface area contributed by atoms with Crippen molar-refractivity contribution in [3.63, 3.8) is 0 Å². The lowest BCUT2D eigenvalue weighted by Crippen LogP contribution is -2.36. The quantitative estimate of drug-likeness (QED) is 0.485. The number of hydrogen-bond donors (Lipinski definition) is 2. The second-order valence-corrected chi connectivity index (χ2v) is 5.40. The van der Waals surface area contributed by atoms with Crippen LogP contribution in [0.1, 0.15) is 13.8 Å². The molecule has 0 aliphatic heterocycles. The van der Waals surface area contributed by atoms with E-state index < -0.39 is 10.0 Å². The van der Waals surface area contributed by atoms with Gasteiger partial charge in [0, 0.05) is 19.5 Å². The molecular formula is C7H17N3O2S. The molecule has 0 fully saturated rings. The summed E-state index contributed by atoms with van der Waals surface area (Å²) >= 11 is 0. The van der Waals surface area contributed by atoms with Gasteiger partial charge in [-0.3, -0.25) is 5.41 Å². The first-order chi connectivity index (χ1) is 5.81. The Morgan fingerprint density at radius 1 is 1.62 bits per heavy atom. The highest BCUT2D eigenvalue weighted by atomic mass is 32.2. The topological polar surface area (TPSA) is 87.2 Å². The number of nitrogens with zero attached hydrogens (tertiary/aromatic N) is 1. The van der Waals surface area contributed by atoms with E-state index in [4.69, 9.17) is 11.1 Å². The molecule has 0 aliphatic rings. The van der Waals surface area contributed by atoms with Crippen molar-refractivity contribution < 1.29 is 8.42 Å². The average molecular weight is 207 g/mol. The summed E-state index contributed by atoms with van der Waals surface area (Å²) < 4.78 is 23.8. The van der Waals surface area contributed by atoms with E-state index in [-0.39, 0.29) is 24.1 Å². The van der Waals surface area contributed by atoms with E-state index in [1.165, 1.54) is 11.4 Å². The normalized spacial score (nSPS) is 14.5. The van der Waals surface area contributed by atoms with Gasteiger partial charge in [0.1, 0.15) is 0 Å². The van der Waals surface area contributed by atoms with Gasteiger partial charge < -0.3 is 5.73 Å². The molecule has 1 unspecified atom stereocenters. The van der Waals surface area contributed by atoms with Crippen molar-refractivity contribution in [2.75, 3.05) is 19.3 Å². The fourth-order valence-corrected chi connectivity index (χ4v) is 1.71. The summed E-state index contributed by atoms with van der Waals surface area (Å²) in [5.74, 6) is -0.141. The Labute approximate surface area is 79.5 Å². The van der Waals surface area contributed by atoms with Crippen LogP contribution >= 0.6 is 0 Å². The van der Waals surface area contributed by atoms with Gasteiger partial charge in [-0.05, 0) is 6.92 Å². The Bertz CT molecular complexity index is 273. The number of nitrogens with two attached hydrogens (primary N) is 1. The molecule has 0 aromatic heterocycles. The summed E-state index contributed by atoms with van der Waals surface area (Å²) in [7, 11) is -1.65. The van der Waals surface area contributed by atoms with Crippen molar-refractivity contribution in [2.45, 2.75) is 13.8 Å². The predicted octanol–water partition coefficient (Wildman–Crippen LogP) is -0.160. The third-order valence-corrected chi connectivity index (χ3v) is 3.73. The van der Waals surface area contributed by atoms with Crippen molar-refractivity contribution >= 4 is 15.9 Å². The van der Waals surface area contributed by atoms with Crippen LogP contribution in [0.25, 0.3) is 0 Å². The van der Waals surface area contributed by atoms with E-state index in [1.54, 1.807) is 13.8 Å². The largest absolute Gasteiger partial charge is 0.387 e. The molecule has 0 spiro atoms. The number of rotatable bonds is 5. The van der Waals surface area contributed by atoms with Gasteiger partial charge in [-0.1, -0.05) is 6.92 Å². The van der Waals surface area contributed by atoms with Crippen LogP contribution < -0.4 is 5.73 Å². The standard InChI is InChI=1S/C7H17N3O2S/c1-4-13(11,12)10(3)5-6(2)7(8)9/h6H,4-5H2,1-3H3,(H3,8,9). The average Bonchev–Trinajstić information content (AvgIpc) is 2.04. The van der Waals surface area contributed by atoms with Crippen LogP contribution in [-0.2, 0) is 10.0 Å². The molecule has 5 nitrogen and oxygen atoms in total. The molecule has 0 amide bonds. The van der Waals surface area contributed by atoms with E-state index >= 15 is 0 Å². The molecule has 0 aliphatic carbocycles. The number of nitrogens with one attached hydrogen (secondary N) is 1. The van der Waals surface area contributed by atoms with Crippen LogP contribution in [0.4, 0.5) is 0 Å². The summed E-state index contributed by atoms with van der Waals surface area (Å²) in [4.78, 5) is 0. The first-order valence-electron chi connectivity index (χ1n) is 4.09. The van der Waals surface area contributed by atoms with Crippen LogP contribution in [0.5, 0.6) is 0 Å². The molecular weight excluding hydrogens is 190 g/mol. The third-order valence-electron chi connectivity index (χ3n) is 1.90. The monoisotopic (exact) mass is 207 g/mol. The minimum absolute atomic E-state index is 0.0122. The van der Waals surface area contributed by atoms with Gasteiger partial charge in [-0.2, -0.15) is 0 Å². The summed E-state index contributed by atoms with van der Waals surface area (Å²) in [6.45, 7) is 3.58. The van der Waals surface area contributed by atoms with Crippen LogP contribution in [0.2, 0.25) is 0 Å². The first kappa shape index (κ1) is 12.4. The van der Waals surface area contributed by atoms with Crippen LogP contribution in [0.3, 0.4) is 0 Å². The number of sulfonamides is 1. The maximum atomic E-state index is 11.3. The highest BCUT2D eigenvalue weighted by Crippen LogP contribution is 2.03. The second-order valence-electron chi connectivity index (χ2n) is 3.04. The van der Waals surface area contributed by atoms with E-state index in [0.29, 0.717) is 0 Å². The van der Waals surface area contributed by atoms with Gasteiger partial charge in [0.05, 0.1) is 11.6 Å². The van der Waals surface area contributed by atoms with E-state index in [1.807, 2.05) is 0 Å². The number of hydrogen-bond acceptors (Lipinski definition) is 3. The van der Waals surface area contributed by atoms with Crippen LogP contribution in [0.15, 0.2) is 0 Å². The maximum absolute atomic E-state index is 11.3. The molecule has 0 radical (unpaired) electrons. The molecule has 3 N–H and O–H groups in total. The van der Waals surface area contributed by atoms with Crippen LogP contribution in [-0.4, -0.2) is 37.9 Å². The molecule has 6 heteroatoms. The summed E-state index contributed by atoms with van der Waals surface area (Å²) in [5.41, 5.74) is 5.23. The van der Waals surface area contributed by atoms with Crippen molar-refractivity contribution in [3.05, 3.63) is 0 Å². The molecule has 0 rings (SSSR count). The van der Waals surface area contributed by atoms with Gasteiger partial charge in [0.2, 0.25) is 10.0 Å². The third kappa shape index (κ3) is 3.73. The fourth-order valence-electron chi connectivity index (χ4n) is 0.818. The lowest BCUT2D eigenvalue weighted by molar-refractivity contribution is 0.444. The second kappa shape index (κ2) is 4.57. The Morgan fingerprint density at radius 2 is 2.08 bits per heavy atom. The highest BCUT2D eigenvalue weighted by Gasteiger charge is 2.18. The van der Waals surface area contributed by atoms with Crippen molar-refractivity contribution in [3.8, 4) is 0 Å². The fraction of sp³-hybridized carbons (Fsp3) is 0.857. The van der Waals surface area contributed by atoms with Gasteiger partial charge in [-0.25, -0.2) is 12.7 Å². The van der Waals surface area contributed by atoms with E-state index in [2.05, 4.69) is 0 Å². The van der Waals surface area contributed by atoms with Gasteiger partial charge in [0.15, 0.2) is 0 Å². The first-order valence-corrected chi connectivity index (χ1v) is 5.70. The molecule has 0 heterocycles. The Hall–Kier alpha value is -0.620. The lowest BCUT2D eigenvalue weighted by atomic mass is 10.2. The Balaban J connectivity index is 4.32. The molecule has 1 atom stereocenters. The van der Waals surface area contributed by atoms with Crippen molar-refractivity contribution in [1.82, 2.24) is 4.31 Å². The lowest BCUT2D eigenvalue weighted by Gasteiger charge is -2.19. The molecule has 78 valence electrons. The minimum atomic E-state index is -3.15. The van der Waals surface area contributed by atoms with Gasteiger partial charge >= 0.3 is 0 Å². The molecule has 0 saturated carbocycles. The predicted molar refractivity (Wildman–Crippen MR) is 53.2 cm³/mol. The molecule has 0 aromatic carbocycles. The Kier molecular flexibility index (Phi) is 4.35. The maximum Gasteiger partial charge on any atom is 0.213 e. The summed E-state index contributed by atoms with van der Waals surface area (Å²) in [6, 6.07) is 0. The summed E-state index contributed by atoms with van der Waals surface area (Å²) in [6.07, 6.45) is 0. The van der Waals surface area contributed by atoms with E-state index in [0.717, 1.165) is 0 Å². The van der Waals surface area contributed by atoms with Crippen LogP contribution in [0, 0.1) is 11.3 Å². The van der Waals surface area contributed by atoms with Crippen molar-refractivity contribution in [2.24, 2.45) is 11.7 Å². The van der Waals surface area contributed by atoms with Crippen molar-refractivity contribution in [1.29, 1.82) is 5.41 Å². The number of amidine groups is 1. The Morgan fingerprint density at radius 3 is 2.38 bits per heavy atom.